The van der Waals surface area contributed by atoms with Crippen LogP contribution in [0, 0.1) is 0 Å². The number of aromatic nitrogens is 1. The largest absolute Gasteiger partial charge is 0.379 e. The molecule has 4 rings (SSSR count). The number of likely N-dealkylation sites (tertiary alicyclic amines) is 1. The molecular weight excluding hydrogens is 338 g/mol. The fraction of sp³-hybridized carbons (Fsp3) is 0.524. The van der Waals surface area contributed by atoms with Crippen molar-refractivity contribution < 1.29 is 4.74 Å². The van der Waals surface area contributed by atoms with Gasteiger partial charge in [0.2, 0.25) is 0 Å². The van der Waals surface area contributed by atoms with Gasteiger partial charge in [0.05, 0.1) is 18.7 Å². The standard InChI is InChI=1S/C21H29N5O/c1-22-21(26-11-9-19(16-26)25-12-14-27-15-13-25)23-10-8-18-7-6-17-4-2-3-5-20(17)24-18/h2-7,19H,8-16H2,1H3,(H,22,23). The first-order valence-electron chi connectivity index (χ1n) is 9.95. The summed E-state index contributed by atoms with van der Waals surface area (Å²) in [5, 5.41) is 4.72. The van der Waals surface area contributed by atoms with Crippen molar-refractivity contribution in [2.75, 3.05) is 53.0 Å². The summed E-state index contributed by atoms with van der Waals surface area (Å²) in [5.41, 5.74) is 2.18. The highest BCUT2D eigenvalue weighted by Gasteiger charge is 2.30. The first kappa shape index (κ1) is 18.2. The zero-order valence-electron chi connectivity index (χ0n) is 16.1. The van der Waals surface area contributed by atoms with E-state index in [1.165, 1.54) is 11.8 Å². The van der Waals surface area contributed by atoms with Gasteiger partial charge in [-0.05, 0) is 18.6 Å². The van der Waals surface area contributed by atoms with Gasteiger partial charge in [-0.1, -0.05) is 24.3 Å². The van der Waals surface area contributed by atoms with E-state index >= 15 is 0 Å². The average molecular weight is 367 g/mol. The van der Waals surface area contributed by atoms with Crippen molar-refractivity contribution >= 4 is 16.9 Å². The van der Waals surface area contributed by atoms with Crippen molar-refractivity contribution in [3.05, 3.63) is 42.1 Å². The minimum absolute atomic E-state index is 0.620. The smallest absolute Gasteiger partial charge is 0.193 e. The Labute approximate surface area is 161 Å². The van der Waals surface area contributed by atoms with Crippen LogP contribution in [0.1, 0.15) is 12.1 Å². The number of guanidine groups is 1. The number of pyridine rings is 1. The average Bonchev–Trinajstić information content (AvgIpc) is 3.22. The van der Waals surface area contributed by atoms with Crippen LogP contribution in [0.4, 0.5) is 0 Å². The minimum Gasteiger partial charge on any atom is -0.379 e. The molecule has 0 radical (unpaired) electrons. The molecule has 144 valence electrons. The van der Waals surface area contributed by atoms with E-state index in [0.717, 1.165) is 69.5 Å². The molecule has 2 fully saturated rings. The maximum atomic E-state index is 5.48. The van der Waals surface area contributed by atoms with Gasteiger partial charge in [-0.2, -0.15) is 0 Å². The topological polar surface area (TPSA) is 53.0 Å². The molecule has 2 aromatic rings. The molecule has 0 spiro atoms. The zero-order chi connectivity index (χ0) is 18.5. The van der Waals surface area contributed by atoms with Crippen molar-refractivity contribution in [2.24, 2.45) is 4.99 Å². The van der Waals surface area contributed by atoms with E-state index in [0.29, 0.717) is 6.04 Å². The van der Waals surface area contributed by atoms with Gasteiger partial charge in [0.25, 0.3) is 0 Å². The SMILES string of the molecule is CN=C(NCCc1ccc2ccccc2n1)N1CCC(N2CCOCC2)C1. The summed E-state index contributed by atoms with van der Waals surface area (Å²) in [7, 11) is 1.87. The summed E-state index contributed by atoms with van der Waals surface area (Å²) in [5.74, 6) is 1.01. The molecule has 2 saturated heterocycles. The summed E-state index contributed by atoms with van der Waals surface area (Å²) < 4.78 is 5.48. The molecule has 1 unspecified atom stereocenters. The summed E-state index contributed by atoms with van der Waals surface area (Å²) >= 11 is 0. The van der Waals surface area contributed by atoms with E-state index in [1.807, 2.05) is 13.1 Å². The molecule has 2 aliphatic rings. The molecule has 1 N–H and O–H groups in total. The monoisotopic (exact) mass is 367 g/mol. The van der Waals surface area contributed by atoms with E-state index in [4.69, 9.17) is 9.72 Å². The van der Waals surface area contributed by atoms with Gasteiger partial charge >= 0.3 is 0 Å². The lowest BCUT2D eigenvalue weighted by molar-refractivity contribution is 0.0195. The second-order valence-corrected chi connectivity index (χ2v) is 7.26. The number of hydrogen-bond donors (Lipinski definition) is 1. The van der Waals surface area contributed by atoms with Crippen molar-refractivity contribution in [2.45, 2.75) is 18.9 Å². The van der Waals surface area contributed by atoms with Crippen LogP contribution in [0.25, 0.3) is 10.9 Å². The van der Waals surface area contributed by atoms with Crippen molar-refractivity contribution in [1.29, 1.82) is 0 Å². The maximum Gasteiger partial charge on any atom is 0.193 e. The molecule has 3 heterocycles. The number of hydrogen-bond acceptors (Lipinski definition) is 4. The first-order chi connectivity index (χ1) is 13.3. The highest BCUT2D eigenvalue weighted by atomic mass is 16.5. The maximum absolute atomic E-state index is 5.48. The molecular formula is C21H29N5O. The molecule has 0 aliphatic carbocycles. The van der Waals surface area contributed by atoms with E-state index in [1.54, 1.807) is 0 Å². The van der Waals surface area contributed by atoms with E-state index < -0.39 is 0 Å². The Hall–Kier alpha value is -2.18. The van der Waals surface area contributed by atoms with Crippen molar-refractivity contribution in [1.82, 2.24) is 20.1 Å². The number of para-hydroxylation sites is 1. The zero-order valence-corrected chi connectivity index (χ0v) is 16.1. The summed E-state index contributed by atoms with van der Waals surface area (Å²) in [6.45, 7) is 6.79. The Bertz CT molecular complexity index is 787. The molecule has 27 heavy (non-hydrogen) atoms. The summed E-state index contributed by atoms with van der Waals surface area (Å²) in [6.07, 6.45) is 2.09. The fourth-order valence-electron chi connectivity index (χ4n) is 4.06. The minimum atomic E-state index is 0.620. The number of rotatable bonds is 4. The lowest BCUT2D eigenvalue weighted by Gasteiger charge is -2.32. The highest BCUT2D eigenvalue weighted by Crippen LogP contribution is 2.17. The molecule has 1 aromatic heterocycles. The van der Waals surface area contributed by atoms with E-state index in [9.17, 15) is 0 Å². The third-order valence-corrected chi connectivity index (χ3v) is 5.56. The lowest BCUT2D eigenvalue weighted by Crippen LogP contribution is -2.46. The normalized spacial score (nSPS) is 21.7. The first-order valence-corrected chi connectivity index (χ1v) is 9.95. The van der Waals surface area contributed by atoms with Crippen LogP contribution in [0.3, 0.4) is 0 Å². The molecule has 2 aliphatic heterocycles. The molecule has 0 saturated carbocycles. The lowest BCUT2D eigenvalue weighted by atomic mass is 10.2. The number of aliphatic imine (C=N–C) groups is 1. The van der Waals surface area contributed by atoms with Crippen LogP contribution >= 0.6 is 0 Å². The third kappa shape index (κ3) is 4.39. The number of fused-ring (bicyclic) bond motifs is 1. The Morgan fingerprint density at radius 1 is 1.19 bits per heavy atom. The van der Waals surface area contributed by atoms with Gasteiger partial charge in [0, 0.05) is 63.3 Å². The number of morpholine rings is 1. The van der Waals surface area contributed by atoms with Gasteiger partial charge in [0.1, 0.15) is 0 Å². The molecule has 1 aromatic carbocycles. The number of benzene rings is 1. The summed E-state index contributed by atoms with van der Waals surface area (Å²) in [6, 6.07) is 13.2. The van der Waals surface area contributed by atoms with Crippen molar-refractivity contribution in [3.63, 3.8) is 0 Å². The van der Waals surface area contributed by atoms with Gasteiger partial charge in [-0.25, -0.2) is 0 Å². The summed E-state index contributed by atoms with van der Waals surface area (Å²) in [4.78, 5) is 14.2. The van der Waals surface area contributed by atoms with Gasteiger partial charge in [-0.15, -0.1) is 0 Å². The van der Waals surface area contributed by atoms with Gasteiger partial charge in [0.15, 0.2) is 5.96 Å². The number of nitrogens with zero attached hydrogens (tertiary/aromatic N) is 4. The Kier molecular flexibility index (Phi) is 5.84. The van der Waals surface area contributed by atoms with Crippen LogP contribution in [0.15, 0.2) is 41.4 Å². The Morgan fingerprint density at radius 3 is 2.89 bits per heavy atom. The third-order valence-electron chi connectivity index (χ3n) is 5.56. The molecule has 0 bridgehead atoms. The van der Waals surface area contributed by atoms with Crippen LogP contribution in [0.2, 0.25) is 0 Å². The Balaban J connectivity index is 1.29. The van der Waals surface area contributed by atoms with Crippen molar-refractivity contribution in [3.8, 4) is 0 Å². The second-order valence-electron chi connectivity index (χ2n) is 7.26. The van der Waals surface area contributed by atoms with E-state index in [2.05, 4.69) is 50.4 Å². The number of ether oxygens (including phenoxy) is 1. The van der Waals surface area contributed by atoms with Gasteiger partial charge in [-0.3, -0.25) is 14.9 Å². The second kappa shape index (κ2) is 8.67. The van der Waals surface area contributed by atoms with E-state index in [-0.39, 0.29) is 0 Å². The molecule has 6 nitrogen and oxygen atoms in total. The fourth-order valence-corrected chi connectivity index (χ4v) is 4.06. The predicted molar refractivity (Wildman–Crippen MR) is 109 cm³/mol. The van der Waals surface area contributed by atoms with Crippen LogP contribution < -0.4 is 5.32 Å². The molecule has 6 heteroatoms. The quantitative estimate of drug-likeness (QED) is 0.659. The Morgan fingerprint density at radius 2 is 2.04 bits per heavy atom. The van der Waals surface area contributed by atoms with Crippen LogP contribution in [-0.4, -0.2) is 79.8 Å². The van der Waals surface area contributed by atoms with Gasteiger partial charge < -0.3 is 15.0 Å². The number of nitrogens with one attached hydrogen (secondary N) is 1. The molecule has 0 amide bonds. The highest BCUT2D eigenvalue weighted by molar-refractivity contribution is 5.80. The molecule has 1 atom stereocenters. The predicted octanol–water partition coefficient (Wildman–Crippen LogP) is 1.76. The van der Waals surface area contributed by atoms with Crippen LogP contribution in [0.5, 0.6) is 0 Å². The van der Waals surface area contributed by atoms with Crippen LogP contribution in [-0.2, 0) is 11.2 Å².